The highest BCUT2D eigenvalue weighted by atomic mass is 35.5. The number of halogens is 2. The molecule has 0 saturated carbocycles. The van der Waals surface area contributed by atoms with Crippen molar-refractivity contribution in [2.75, 3.05) is 0 Å². The highest BCUT2D eigenvalue weighted by molar-refractivity contribution is 6.42. The van der Waals surface area contributed by atoms with Crippen LogP contribution in [0.5, 0.6) is 0 Å². The summed E-state index contributed by atoms with van der Waals surface area (Å²) in [7, 11) is 0. The molecule has 2 aromatic rings. The van der Waals surface area contributed by atoms with Crippen LogP contribution in [0, 0.1) is 0 Å². The summed E-state index contributed by atoms with van der Waals surface area (Å²) in [6.45, 7) is 0.172. The van der Waals surface area contributed by atoms with Gasteiger partial charge >= 0.3 is 6.03 Å². The molecule has 6 heteroatoms. The van der Waals surface area contributed by atoms with Crippen LogP contribution in [-0.4, -0.2) is 16.8 Å². The van der Waals surface area contributed by atoms with Crippen molar-refractivity contribution in [3.63, 3.8) is 0 Å². The lowest BCUT2D eigenvalue weighted by atomic mass is 9.92. The second-order valence-corrected chi connectivity index (χ2v) is 6.95. The Balaban J connectivity index is 1.66. The van der Waals surface area contributed by atoms with Crippen LogP contribution in [0.3, 0.4) is 0 Å². The van der Waals surface area contributed by atoms with Gasteiger partial charge in [-0.2, -0.15) is 0 Å². The Morgan fingerprint density at radius 1 is 1.08 bits per heavy atom. The second kappa shape index (κ2) is 5.50. The van der Waals surface area contributed by atoms with Gasteiger partial charge in [0.05, 0.1) is 16.6 Å². The van der Waals surface area contributed by atoms with Crippen LogP contribution in [0.15, 0.2) is 42.5 Å². The summed E-state index contributed by atoms with van der Waals surface area (Å²) in [5.41, 5.74) is 1.85. The van der Waals surface area contributed by atoms with Crippen molar-refractivity contribution in [2.24, 2.45) is 0 Å². The summed E-state index contributed by atoms with van der Waals surface area (Å²) in [6.07, 6.45) is 1.37. The minimum Gasteiger partial charge on any atom is -0.319 e. The molecule has 1 atom stereocenters. The Morgan fingerprint density at radius 3 is 2.67 bits per heavy atom. The van der Waals surface area contributed by atoms with Crippen LogP contribution >= 0.6 is 23.2 Å². The zero-order valence-electron chi connectivity index (χ0n) is 12.7. The first-order valence-corrected chi connectivity index (χ1v) is 8.43. The van der Waals surface area contributed by atoms with Crippen molar-refractivity contribution in [1.82, 2.24) is 10.2 Å². The maximum absolute atomic E-state index is 13.0. The van der Waals surface area contributed by atoms with E-state index >= 15 is 0 Å². The van der Waals surface area contributed by atoms with E-state index in [1.807, 2.05) is 24.3 Å². The molecule has 1 aliphatic carbocycles. The quantitative estimate of drug-likeness (QED) is 0.826. The topological polar surface area (TPSA) is 49.4 Å². The monoisotopic (exact) mass is 360 g/mol. The first-order valence-electron chi connectivity index (χ1n) is 7.68. The van der Waals surface area contributed by atoms with Crippen molar-refractivity contribution in [2.45, 2.75) is 24.9 Å². The van der Waals surface area contributed by atoms with Gasteiger partial charge < -0.3 is 5.32 Å². The van der Waals surface area contributed by atoms with Gasteiger partial charge in [-0.25, -0.2) is 4.79 Å². The summed E-state index contributed by atoms with van der Waals surface area (Å²) in [5, 5.41) is 3.76. The molecule has 2 aromatic carbocycles. The molecule has 0 bridgehead atoms. The Bertz CT molecular complexity index is 868. The fourth-order valence-corrected chi connectivity index (χ4v) is 3.87. The van der Waals surface area contributed by atoms with Crippen molar-refractivity contribution in [3.8, 4) is 0 Å². The second-order valence-electron chi connectivity index (χ2n) is 6.13. The summed E-state index contributed by atoms with van der Waals surface area (Å²) < 4.78 is 0. The van der Waals surface area contributed by atoms with Crippen LogP contribution in [0.1, 0.15) is 23.1 Å². The third-order valence-electron chi connectivity index (χ3n) is 4.75. The fraction of sp³-hybridized carbons (Fsp3) is 0.222. The number of nitrogens with one attached hydrogen (secondary N) is 1. The van der Waals surface area contributed by atoms with Crippen molar-refractivity contribution in [1.29, 1.82) is 0 Å². The molecule has 24 heavy (non-hydrogen) atoms. The first kappa shape index (κ1) is 15.5. The molecule has 122 valence electrons. The standard InChI is InChI=1S/C18H14Cl2N2O2/c19-14-6-5-11(9-15(14)20)10-22-16(23)18(21-17(22)24)8-7-12-3-1-2-4-13(12)18/h1-6,9H,7-8,10H2,(H,21,24)/t18-/m0/s1. The zero-order valence-corrected chi connectivity index (χ0v) is 14.2. The minimum atomic E-state index is -0.927. The van der Waals surface area contributed by atoms with E-state index in [-0.39, 0.29) is 18.5 Å². The molecule has 4 rings (SSSR count). The Hall–Kier alpha value is -2.04. The van der Waals surface area contributed by atoms with Gasteiger partial charge in [0.15, 0.2) is 0 Å². The number of nitrogens with zero attached hydrogens (tertiary/aromatic N) is 1. The lowest BCUT2D eigenvalue weighted by Gasteiger charge is -2.22. The summed E-state index contributed by atoms with van der Waals surface area (Å²) >= 11 is 11.9. The third kappa shape index (κ3) is 2.21. The maximum atomic E-state index is 13.0. The number of fused-ring (bicyclic) bond motifs is 2. The Kier molecular flexibility index (Phi) is 3.55. The molecule has 1 spiro atoms. The van der Waals surface area contributed by atoms with Crippen LogP contribution in [0.2, 0.25) is 10.0 Å². The molecule has 1 N–H and O–H groups in total. The van der Waals surface area contributed by atoms with Gasteiger partial charge in [-0.05, 0) is 41.7 Å². The number of hydrogen-bond acceptors (Lipinski definition) is 2. The first-order chi connectivity index (χ1) is 11.5. The molecule has 1 fully saturated rings. The van der Waals surface area contributed by atoms with Gasteiger partial charge in [0.1, 0.15) is 5.54 Å². The van der Waals surface area contributed by atoms with Crippen LogP contribution in [0.4, 0.5) is 4.79 Å². The average molecular weight is 361 g/mol. The van der Waals surface area contributed by atoms with Crippen molar-refractivity contribution in [3.05, 3.63) is 69.2 Å². The van der Waals surface area contributed by atoms with Crippen LogP contribution < -0.4 is 5.32 Å². The number of carbonyl (C=O) groups excluding carboxylic acids is 2. The predicted molar refractivity (Wildman–Crippen MR) is 92.0 cm³/mol. The summed E-state index contributed by atoms with van der Waals surface area (Å²) in [6, 6.07) is 12.5. The number of amides is 3. The van der Waals surface area contributed by atoms with E-state index in [1.165, 1.54) is 4.90 Å². The van der Waals surface area contributed by atoms with Gasteiger partial charge in [-0.15, -0.1) is 0 Å². The minimum absolute atomic E-state index is 0.172. The van der Waals surface area contributed by atoms with Crippen LogP contribution in [-0.2, 0) is 23.3 Å². The van der Waals surface area contributed by atoms with E-state index in [4.69, 9.17) is 23.2 Å². The number of benzene rings is 2. The number of rotatable bonds is 2. The largest absolute Gasteiger partial charge is 0.325 e. The molecular formula is C18H14Cl2N2O2. The van der Waals surface area contributed by atoms with E-state index in [1.54, 1.807) is 18.2 Å². The SMILES string of the molecule is O=C1N[C@]2(CCc3ccccc32)C(=O)N1Cc1ccc(Cl)c(Cl)c1. The highest BCUT2D eigenvalue weighted by Gasteiger charge is 2.55. The van der Waals surface area contributed by atoms with Crippen molar-refractivity contribution < 1.29 is 9.59 Å². The molecule has 1 aliphatic heterocycles. The summed E-state index contributed by atoms with van der Waals surface area (Å²) in [4.78, 5) is 26.7. The number of urea groups is 1. The van der Waals surface area contributed by atoms with Crippen molar-refractivity contribution >= 4 is 35.1 Å². The number of hydrogen-bond donors (Lipinski definition) is 1. The normalized spacial score (nSPS) is 22.2. The number of imide groups is 1. The van der Waals surface area contributed by atoms with Crippen LogP contribution in [0.25, 0.3) is 0 Å². The average Bonchev–Trinajstić information content (AvgIpc) is 3.05. The lowest BCUT2D eigenvalue weighted by molar-refractivity contribution is -0.132. The fourth-order valence-electron chi connectivity index (χ4n) is 3.55. The summed E-state index contributed by atoms with van der Waals surface area (Å²) in [5.74, 6) is -0.205. The molecule has 3 amide bonds. The van der Waals surface area contributed by atoms with Gasteiger partial charge in [0.25, 0.3) is 5.91 Å². The van der Waals surface area contributed by atoms with E-state index < -0.39 is 5.54 Å². The van der Waals surface area contributed by atoms with E-state index in [0.29, 0.717) is 16.5 Å². The zero-order chi connectivity index (χ0) is 16.9. The smallest absolute Gasteiger partial charge is 0.319 e. The maximum Gasteiger partial charge on any atom is 0.325 e. The van der Waals surface area contributed by atoms with E-state index in [9.17, 15) is 9.59 Å². The van der Waals surface area contributed by atoms with E-state index in [2.05, 4.69) is 5.32 Å². The molecule has 0 radical (unpaired) electrons. The van der Waals surface area contributed by atoms with Gasteiger partial charge in [-0.1, -0.05) is 53.5 Å². The molecule has 0 unspecified atom stereocenters. The van der Waals surface area contributed by atoms with Gasteiger partial charge in [0, 0.05) is 0 Å². The molecule has 1 heterocycles. The molecule has 1 saturated heterocycles. The molecule has 2 aliphatic rings. The van der Waals surface area contributed by atoms with Gasteiger partial charge in [0.2, 0.25) is 0 Å². The third-order valence-corrected chi connectivity index (χ3v) is 5.49. The number of carbonyl (C=O) groups is 2. The van der Waals surface area contributed by atoms with E-state index in [0.717, 1.165) is 23.1 Å². The molecule has 0 aromatic heterocycles. The Labute approximate surface area is 149 Å². The molecule has 4 nitrogen and oxygen atoms in total. The Morgan fingerprint density at radius 2 is 1.88 bits per heavy atom. The number of aryl methyl sites for hydroxylation is 1. The molecular weight excluding hydrogens is 347 g/mol. The predicted octanol–water partition coefficient (Wildman–Crippen LogP) is 3.89. The van der Waals surface area contributed by atoms with Gasteiger partial charge in [-0.3, -0.25) is 9.69 Å². The highest BCUT2D eigenvalue weighted by Crippen LogP contribution is 2.41. The lowest BCUT2D eigenvalue weighted by Crippen LogP contribution is -2.41.